The van der Waals surface area contributed by atoms with Gasteiger partial charge in [-0.15, -0.1) is 0 Å². The van der Waals surface area contributed by atoms with Crippen molar-refractivity contribution in [3.05, 3.63) is 23.8 Å². The third-order valence-electron chi connectivity index (χ3n) is 11.3. The number of rotatable bonds is 4. The number of allylic oxidation sites excluding steroid dienone is 3. The van der Waals surface area contributed by atoms with Crippen LogP contribution in [0.2, 0.25) is 0 Å². The van der Waals surface area contributed by atoms with Crippen molar-refractivity contribution in [1.82, 2.24) is 0 Å². The van der Waals surface area contributed by atoms with Gasteiger partial charge in [-0.25, -0.2) is 4.79 Å². The van der Waals surface area contributed by atoms with E-state index in [0.717, 1.165) is 54.1 Å². The maximum absolute atomic E-state index is 11.5. The van der Waals surface area contributed by atoms with Crippen molar-refractivity contribution in [3.8, 4) is 0 Å². The summed E-state index contributed by atoms with van der Waals surface area (Å²) in [6, 6.07) is 0. The summed E-state index contributed by atoms with van der Waals surface area (Å²) in [5.41, 5.74) is 3.77. The minimum absolute atomic E-state index is 0.109. The number of nitrogens with two attached hydrogens (primary N) is 1. The molecular formula is C27H38NO2+. The highest BCUT2D eigenvalue weighted by molar-refractivity contribution is 5.91. The zero-order valence-corrected chi connectivity index (χ0v) is 18.7. The van der Waals surface area contributed by atoms with Crippen LogP contribution in [0.15, 0.2) is 23.8 Å². The van der Waals surface area contributed by atoms with Gasteiger partial charge in [0.05, 0.1) is 0 Å². The zero-order valence-electron chi connectivity index (χ0n) is 18.7. The summed E-state index contributed by atoms with van der Waals surface area (Å²) >= 11 is 0. The molecule has 0 aromatic heterocycles. The summed E-state index contributed by atoms with van der Waals surface area (Å²) in [5, 5.41) is 15.8. The number of aliphatic carboxylic acids is 1. The van der Waals surface area contributed by atoms with Crippen molar-refractivity contribution >= 4 is 11.7 Å². The first-order valence-corrected chi connectivity index (χ1v) is 12.7. The standard InChI is InChI=1S/C27H37NO2/c1-3-26(10-8-23(29)30)22-14-19(22)24-20-15-25(11-12-25)21-13-16(28)5-6-18(21)17(20)7-9-27(24,26)4-2/h8,10,13,17-20,22,24,28H,3-7,9,11-12,14-15H2,1-2H3,(H,29,30)/p+1/b10-8-,28-16?/t17?,18?,19?,20?,22?,24?,26?,27-/m0/s1. The third-order valence-corrected chi connectivity index (χ3v) is 11.3. The largest absolute Gasteiger partial charge is 0.478 e. The Hall–Kier alpha value is -1.38. The highest BCUT2D eigenvalue weighted by atomic mass is 16.4. The molecule has 3 N–H and O–H groups in total. The Morgan fingerprint density at radius 1 is 1.17 bits per heavy atom. The molecule has 1 spiro atoms. The van der Waals surface area contributed by atoms with Crippen molar-refractivity contribution in [2.75, 3.05) is 0 Å². The van der Waals surface area contributed by atoms with Gasteiger partial charge in [-0.3, -0.25) is 5.41 Å². The fourth-order valence-electron chi connectivity index (χ4n) is 10.1. The summed E-state index contributed by atoms with van der Waals surface area (Å²) in [5.74, 6) is 4.08. The number of hydrogen-bond donors (Lipinski definition) is 2. The molecule has 0 amide bonds. The molecule has 5 fully saturated rings. The molecule has 7 unspecified atom stereocenters. The lowest BCUT2D eigenvalue weighted by molar-refractivity contribution is -0.131. The first kappa shape index (κ1) is 19.3. The van der Waals surface area contributed by atoms with Gasteiger partial charge in [0.25, 0.3) is 0 Å². The highest BCUT2D eigenvalue weighted by Crippen LogP contribution is 2.82. The van der Waals surface area contributed by atoms with Gasteiger partial charge in [0.15, 0.2) is 5.71 Å². The summed E-state index contributed by atoms with van der Waals surface area (Å²) in [7, 11) is 0. The van der Waals surface area contributed by atoms with Crippen LogP contribution < -0.4 is 5.41 Å². The number of carboxylic acids is 1. The quantitative estimate of drug-likeness (QED) is 0.676. The van der Waals surface area contributed by atoms with Crippen LogP contribution in [0.1, 0.15) is 78.1 Å². The molecule has 6 rings (SSSR count). The van der Waals surface area contributed by atoms with Crippen LogP contribution in [-0.4, -0.2) is 16.8 Å². The second-order valence-electron chi connectivity index (χ2n) is 11.8. The van der Waals surface area contributed by atoms with Gasteiger partial charge in [-0.05, 0) is 110 Å². The lowest BCUT2D eigenvalue weighted by Gasteiger charge is -2.60. The first-order valence-electron chi connectivity index (χ1n) is 12.7. The lowest BCUT2D eigenvalue weighted by atomic mass is 9.44. The topological polar surface area (TPSA) is 62.9 Å². The smallest absolute Gasteiger partial charge is 0.327 e. The van der Waals surface area contributed by atoms with Crippen molar-refractivity contribution in [2.24, 2.45) is 51.8 Å². The number of hydrogen-bond acceptors (Lipinski definition) is 1. The Morgan fingerprint density at radius 3 is 2.63 bits per heavy atom. The second kappa shape index (κ2) is 6.11. The minimum atomic E-state index is -0.774. The Labute approximate surface area is 180 Å². The number of fused-ring (bicyclic) bond motifs is 8. The van der Waals surface area contributed by atoms with E-state index in [1.54, 1.807) is 5.57 Å². The molecule has 162 valence electrons. The molecule has 0 radical (unpaired) electrons. The van der Waals surface area contributed by atoms with Crippen molar-refractivity contribution < 1.29 is 15.3 Å². The van der Waals surface area contributed by atoms with Crippen LogP contribution in [0.25, 0.3) is 0 Å². The van der Waals surface area contributed by atoms with Crippen LogP contribution in [0.5, 0.6) is 0 Å². The molecular weight excluding hydrogens is 370 g/mol. The third kappa shape index (κ3) is 2.22. The van der Waals surface area contributed by atoms with E-state index < -0.39 is 5.97 Å². The predicted octanol–water partition coefficient (Wildman–Crippen LogP) is 4.43. The minimum Gasteiger partial charge on any atom is -0.478 e. The maximum atomic E-state index is 11.5. The molecule has 3 heteroatoms. The summed E-state index contributed by atoms with van der Waals surface area (Å²) in [6.07, 6.45) is 18.9. The van der Waals surface area contributed by atoms with E-state index in [1.165, 1.54) is 57.4 Å². The molecule has 0 saturated heterocycles. The maximum Gasteiger partial charge on any atom is 0.327 e. The van der Waals surface area contributed by atoms with E-state index >= 15 is 0 Å². The fraction of sp³-hybridized carbons (Fsp3) is 0.778. The molecule has 3 nitrogen and oxygen atoms in total. The first-order chi connectivity index (χ1) is 14.4. The van der Waals surface area contributed by atoms with E-state index in [2.05, 4.69) is 26.0 Å². The Kier molecular flexibility index (Phi) is 3.93. The highest BCUT2D eigenvalue weighted by Gasteiger charge is 2.76. The van der Waals surface area contributed by atoms with Gasteiger partial charge in [-0.2, -0.15) is 0 Å². The van der Waals surface area contributed by atoms with Gasteiger partial charge < -0.3 is 5.11 Å². The van der Waals surface area contributed by atoms with Crippen LogP contribution in [0.4, 0.5) is 0 Å². The molecule has 8 atom stereocenters. The second-order valence-corrected chi connectivity index (χ2v) is 11.8. The molecule has 0 aromatic carbocycles. The summed E-state index contributed by atoms with van der Waals surface area (Å²) in [6.45, 7) is 4.74. The zero-order chi connectivity index (χ0) is 20.9. The average Bonchev–Trinajstić information content (AvgIpc) is 3.66. The van der Waals surface area contributed by atoms with Gasteiger partial charge in [0.2, 0.25) is 0 Å². The van der Waals surface area contributed by atoms with Gasteiger partial charge in [-0.1, -0.05) is 25.5 Å². The van der Waals surface area contributed by atoms with Crippen LogP contribution in [0.3, 0.4) is 0 Å². The Morgan fingerprint density at radius 2 is 1.97 bits per heavy atom. The number of carboxylic acid groups (broad SMARTS) is 1. The SMILES string of the molecule is CCC1(/C=C\C(=O)O)C2CC2C2C3CC4(CC4)C4=CC(=[NH2+])CCC4C3CC[C@@]21CC. The molecule has 0 aromatic rings. The molecule has 6 aliphatic rings. The van der Waals surface area contributed by atoms with Gasteiger partial charge in [0, 0.05) is 18.6 Å². The van der Waals surface area contributed by atoms with E-state index in [-0.39, 0.29) is 5.41 Å². The summed E-state index contributed by atoms with van der Waals surface area (Å²) in [4.78, 5) is 11.5. The van der Waals surface area contributed by atoms with Gasteiger partial charge >= 0.3 is 5.97 Å². The molecule has 0 aliphatic heterocycles. The summed E-state index contributed by atoms with van der Waals surface area (Å²) < 4.78 is 0. The van der Waals surface area contributed by atoms with E-state index in [0.29, 0.717) is 10.8 Å². The molecule has 30 heavy (non-hydrogen) atoms. The predicted molar refractivity (Wildman–Crippen MR) is 118 cm³/mol. The lowest BCUT2D eigenvalue weighted by Crippen LogP contribution is -2.54. The molecule has 0 heterocycles. The van der Waals surface area contributed by atoms with Crippen molar-refractivity contribution in [2.45, 2.75) is 78.1 Å². The van der Waals surface area contributed by atoms with Crippen LogP contribution >= 0.6 is 0 Å². The van der Waals surface area contributed by atoms with Crippen molar-refractivity contribution in [3.63, 3.8) is 0 Å². The fourth-order valence-corrected chi connectivity index (χ4v) is 10.1. The normalized spacial score (nSPS) is 49.8. The Bertz CT molecular complexity index is 866. The molecule has 5 saturated carbocycles. The molecule has 0 bridgehead atoms. The average molecular weight is 409 g/mol. The van der Waals surface area contributed by atoms with E-state index in [9.17, 15) is 9.90 Å². The monoisotopic (exact) mass is 408 g/mol. The molecule has 6 aliphatic carbocycles. The van der Waals surface area contributed by atoms with E-state index in [1.807, 2.05) is 0 Å². The van der Waals surface area contributed by atoms with Crippen LogP contribution in [0, 0.1) is 51.8 Å². The van der Waals surface area contributed by atoms with Gasteiger partial charge in [0.1, 0.15) is 0 Å². The van der Waals surface area contributed by atoms with Crippen LogP contribution in [-0.2, 0) is 4.79 Å². The number of carbonyl (C=O) groups is 1. The van der Waals surface area contributed by atoms with E-state index in [4.69, 9.17) is 5.41 Å². The van der Waals surface area contributed by atoms with Crippen molar-refractivity contribution in [1.29, 1.82) is 0 Å². The Balaban J connectivity index is 1.43.